The maximum Gasteiger partial charge on any atom is 0.155 e. The molecule has 19 heavy (non-hydrogen) atoms. The lowest BCUT2D eigenvalue weighted by Gasteiger charge is -2.18. The predicted octanol–water partition coefficient (Wildman–Crippen LogP) is 3.58. The summed E-state index contributed by atoms with van der Waals surface area (Å²) in [7, 11) is 0. The molecule has 0 heterocycles. The topological polar surface area (TPSA) is 26.3 Å². The number of ketones is 1. The molecule has 2 aromatic rings. The molecule has 0 spiro atoms. The molecule has 0 aromatic heterocycles. The van der Waals surface area contributed by atoms with Crippen LogP contribution in [0.15, 0.2) is 60.7 Å². The van der Waals surface area contributed by atoms with Crippen LogP contribution in [-0.4, -0.2) is 12.4 Å². The summed E-state index contributed by atoms with van der Waals surface area (Å²) < 4.78 is 5.74. The second-order valence-corrected chi connectivity index (χ2v) is 4.60. The third-order valence-corrected chi connectivity index (χ3v) is 2.92. The number of carbonyl (C=O) groups excluding carboxylic acids is 1. The zero-order valence-corrected chi connectivity index (χ0v) is 11.1. The number of ether oxygens (including phenoxy) is 1. The Morgan fingerprint density at radius 3 is 2.16 bits per heavy atom. The Morgan fingerprint density at radius 1 is 1.00 bits per heavy atom. The van der Waals surface area contributed by atoms with Crippen molar-refractivity contribution in [1.82, 2.24) is 0 Å². The summed E-state index contributed by atoms with van der Waals surface area (Å²) in [5.74, 6) is 0.0500. The predicted molar refractivity (Wildman–Crippen MR) is 76.0 cm³/mol. The molecular weight excluding hydrogens is 236 g/mol. The number of benzene rings is 2. The lowest BCUT2D eigenvalue weighted by atomic mass is 10.0. The Kier molecular flexibility index (Phi) is 4.87. The number of hydrogen-bond acceptors (Lipinski definition) is 2. The summed E-state index contributed by atoms with van der Waals surface area (Å²) in [6, 6.07) is 20.2. The molecule has 0 aliphatic carbocycles. The molecule has 1 atom stereocenters. The Morgan fingerprint density at radius 2 is 1.58 bits per heavy atom. The molecule has 0 bridgehead atoms. The Balaban J connectivity index is 2.12. The van der Waals surface area contributed by atoms with Gasteiger partial charge in [-0.15, -0.1) is 0 Å². The highest BCUT2D eigenvalue weighted by Gasteiger charge is 2.13. The van der Waals surface area contributed by atoms with Gasteiger partial charge in [0.1, 0.15) is 6.61 Å². The van der Waals surface area contributed by atoms with Gasteiger partial charge in [0.15, 0.2) is 5.78 Å². The van der Waals surface area contributed by atoms with Gasteiger partial charge in [-0.2, -0.15) is 0 Å². The molecule has 0 saturated heterocycles. The molecule has 0 amide bonds. The molecule has 0 aliphatic rings. The Hall–Kier alpha value is -1.93. The van der Waals surface area contributed by atoms with Gasteiger partial charge in [-0.05, 0) is 18.1 Å². The molecular formula is C17H18O2. The summed E-state index contributed by atoms with van der Waals surface area (Å²) in [5.41, 5.74) is 2.31. The van der Waals surface area contributed by atoms with Crippen LogP contribution in [0.25, 0.3) is 0 Å². The summed E-state index contributed by atoms with van der Waals surface area (Å²) in [6.45, 7) is 1.71. The summed E-state index contributed by atoms with van der Waals surface area (Å²) in [4.78, 5) is 11.1. The van der Waals surface area contributed by atoms with E-state index in [0.29, 0.717) is 0 Å². The first-order chi connectivity index (χ1) is 9.25. The standard InChI is InChI=1S/C17H18O2/c1-14(18)13-19-17(16-10-6-3-7-11-16)12-15-8-4-2-5-9-15/h2-11,17H,12-13H2,1H3. The van der Waals surface area contributed by atoms with Gasteiger partial charge in [-0.1, -0.05) is 60.7 Å². The van der Waals surface area contributed by atoms with E-state index < -0.39 is 0 Å². The van der Waals surface area contributed by atoms with E-state index >= 15 is 0 Å². The van der Waals surface area contributed by atoms with Crippen LogP contribution < -0.4 is 0 Å². The van der Waals surface area contributed by atoms with Crippen LogP contribution in [0.1, 0.15) is 24.2 Å². The van der Waals surface area contributed by atoms with Crippen LogP contribution >= 0.6 is 0 Å². The minimum atomic E-state index is -0.0764. The summed E-state index contributed by atoms with van der Waals surface area (Å²) in [6.07, 6.45) is 0.700. The van der Waals surface area contributed by atoms with E-state index in [1.165, 1.54) is 5.56 Å². The molecule has 0 aliphatic heterocycles. The van der Waals surface area contributed by atoms with Crippen molar-refractivity contribution in [3.63, 3.8) is 0 Å². The van der Waals surface area contributed by atoms with E-state index in [1.807, 2.05) is 48.5 Å². The number of Topliss-reactive ketones (excluding diaryl/α,β-unsaturated/α-hetero) is 1. The van der Waals surface area contributed by atoms with Gasteiger partial charge in [-0.25, -0.2) is 0 Å². The van der Waals surface area contributed by atoms with E-state index in [0.717, 1.165) is 12.0 Å². The SMILES string of the molecule is CC(=O)COC(Cc1ccccc1)c1ccccc1. The lowest BCUT2D eigenvalue weighted by Crippen LogP contribution is -2.12. The lowest BCUT2D eigenvalue weighted by molar-refractivity contribution is -0.123. The van der Waals surface area contributed by atoms with E-state index in [2.05, 4.69) is 12.1 Å². The van der Waals surface area contributed by atoms with Gasteiger partial charge in [0, 0.05) is 6.42 Å². The quantitative estimate of drug-likeness (QED) is 0.787. The minimum absolute atomic E-state index is 0.0500. The third-order valence-electron chi connectivity index (χ3n) is 2.92. The molecule has 1 unspecified atom stereocenters. The van der Waals surface area contributed by atoms with Gasteiger partial charge in [0.05, 0.1) is 6.10 Å². The zero-order chi connectivity index (χ0) is 13.5. The molecule has 2 aromatic carbocycles. The van der Waals surface area contributed by atoms with Gasteiger partial charge < -0.3 is 4.74 Å². The maximum atomic E-state index is 11.1. The number of hydrogen-bond donors (Lipinski definition) is 0. The van der Waals surface area contributed by atoms with Gasteiger partial charge in [0.25, 0.3) is 0 Å². The molecule has 0 saturated carbocycles. The largest absolute Gasteiger partial charge is 0.365 e. The molecule has 0 N–H and O–H groups in total. The molecule has 0 radical (unpaired) electrons. The highest BCUT2D eigenvalue weighted by Crippen LogP contribution is 2.22. The van der Waals surface area contributed by atoms with E-state index in [1.54, 1.807) is 6.92 Å². The van der Waals surface area contributed by atoms with Gasteiger partial charge in [-0.3, -0.25) is 4.79 Å². The van der Waals surface area contributed by atoms with Crippen molar-refractivity contribution in [3.8, 4) is 0 Å². The van der Waals surface area contributed by atoms with Crippen molar-refractivity contribution in [2.24, 2.45) is 0 Å². The van der Waals surface area contributed by atoms with Crippen LogP contribution in [0.2, 0.25) is 0 Å². The third kappa shape index (κ3) is 4.34. The van der Waals surface area contributed by atoms with Crippen molar-refractivity contribution < 1.29 is 9.53 Å². The second kappa shape index (κ2) is 6.86. The Labute approximate surface area is 114 Å². The summed E-state index contributed by atoms with van der Waals surface area (Å²) >= 11 is 0. The van der Waals surface area contributed by atoms with E-state index in [4.69, 9.17) is 4.74 Å². The van der Waals surface area contributed by atoms with E-state index in [9.17, 15) is 4.79 Å². The minimum Gasteiger partial charge on any atom is -0.365 e. The first kappa shape index (κ1) is 13.5. The molecule has 2 rings (SSSR count). The van der Waals surface area contributed by atoms with Crippen molar-refractivity contribution in [3.05, 3.63) is 71.8 Å². The zero-order valence-electron chi connectivity index (χ0n) is 11.1. The fraction of sp³-hybridized carbons (Fsp3) is 0.235. The van der Waals surface area contributed by atoms with Crippen LogP contribution in [-0.2, 0) is 16.0 Å². The highest BCUT2D eigenvalue weighted by atomic mass is 16.5. The molecule has 2 heteroatoms. The van der Waals surface area contributed by atoms with Crippen LogP contribution in [0.3, 0.4) is 0 Å². The monoisotopic (exact) mass is 254 g/mol. The Bertz CT molecular complexity index is 505. The fourth-order valence-corrected chi connectivity index (χ4v) is 1.99. The molecule has 2 nitrogen and oxygen atoms in total. The van der Waals surface area contributed by atoms with Gasteiger partial charge >= 0.3 is 0 Å². The maximum absolute atomic E-state index is 11.1. The number of carbonyl (C=O) groups is 1. The van der Waals surface area contributed by atoms with Crippen molar-refractivity contribution in [2.75, 3.05) is 6.61 Å². The summed E-state index contributed by atoms with van der Waals surface area (Å²) in [5, 5.41) is 0. The van der Waals surface area contributed by atoms with Crippen LogP contribution in [0.4, 0.5) is 0 Å². The first-order valence-corrected chi connectivity index (χ1v) is 6.45. The average molecular weight is 254 g/mol. The highest BCUT2D eigenvalue weighted by molar-refractivity contribution is 5.76. The average Bonchev–Trinajstić information content (AvgIpc) is 2.45. The second-order valence-electron chi connectivity index (χ2n) is 4.60. The van der Waals surface area contributed by atoms with Gasteiger partial charge in [0.2, 0.25) is 0 Å². The molecule has 0 fully saturated rings. The fourth-order valence-electron chi connectivity index (χ4n) is 1.99. The van der Waals surface area contributed by atoms with Crippen LogP contribution in [0, 0.1) is 0 Å². The smallest absolute Gasteiger partial charge is 0.155 e. The normalized spacial score (nSPS) is 12.1. The number of rotatable bonds is 6. The van der Waals surface area contributed by atoms with E-state index in [-0.39, 0.29) is 18.5 Å². The van der Waals surface area contributed by atoms with Crippen molar-refractivity contribution >= 4 is 5.78 Å². The van der Waals surface area contributed by atoms with Crippen molar-refractivity contribution in [2.45, 2.75) is 19.4 Å². The molecule has 98 valence electrons. The first-order valence-electron chi connectivity index (χ1n) is 6.45. The van der Waals surface area contributed by atoms with Crippen molar-refractivity contribution in [1.29, 1.82) is 0 Å². The van der Waals surface area contributed by atoms with Crippen LogP contribution in [0.5, 0.6) is 0 Å².